The Bertz CT molecular complexity index is 442. The molecule has 0 spiro atoms. The molecule has 0 saturated carbocycles. The van der Waals surface area contributed by atoms with Crippen LogP contribution in [0.2, 0.25) is 5.02 Å². The maximum absolute atomic E-state index is 6.17. The monoisotopic (exact) mass is 310 g/mol. The lowest BCUT2D eigenvalue weighted by Crippen LogP contribution is -2.36. The number of halogens is 1. The summed E-state index contributed by atoms with van der Waals surface area (Å²) in [4.78, 5) is 2.49. The molecule has 0 atom stereocenters. The fourth-order valence-electron chi connectivity index (χ4n) is 2.89. The van der Waals surface area contributed by atoms with Gasteiger partial charge in [-0.25, -0.2) is 0 Å². The zero-order valence-electron chi connectivity index (χ0n) is 13.4. The first kappa shape index (κ1) is 16.6. The van der Waals surface area contributed by atoms with E-state index >= 15 is 0 Å². The highest BCUT2D eigenvalue weighted by atomic mass is 35.5. The summed E-state index contributed by atoms with van der Waals surface area (Å²) in [5.41, 5.74) is 2.62. The molecule has 0 amide bonds. The van der Waals surface area contributed by atoms with E-state index in [9.17, 15) is 0 Å². The van der Waals surface area contributed by atoms with Crippen LogP contribution in [0, 0.1) is 5.92 Å². The molecular formula is C17H27ClN2O. The second kappa shape index (κ2) is 8.02. The Kier molecular flexibility index (Phi) is 6.34. The second-order valence-corrected chi connectivity index (χ2v) is 6.63. The van der Waals surface area contributed by atoms with Crippen LogP contribution in [0.4, 0.5) is 5.69 Å². The van der Waals surface area contributed by atoms with Gasteiger partial charge in [-0.05, 0) is 42.5 Å². The number of ether oxygens (including phenoxy) is 1. The zero-order chi connectivity index (χ0) is 15.2. The van der Waals surface area contributed by atoms with E-state index in [1.54, 1.807) is 7.11 Å². The van der Waals surface area contributed by atoms with Crippen LogP contribution in [-0.4, -0.2) is 32.8 Å². The highest BCUT2D eigenvalue weighted by molar-refractivity contribution is 6.30. The normalized spacial score (nSPS) is 16.7. The van der Waals surface area contributed by atoms with Crippen LogP contribution < -0.4 is 10.2 Å². The van der Waals surface area contributed by atoms with E-state index in [4.69, 9.17) is 16.3 Å². The largest absolute Gasteiger partial charge is 0.384 e. The summed E-state index contributed by atoms with van der Waals surface area (Å²) in [7, 11) is 1.79. The van der Waals surface area contributed by atoms with Gasteiger partial charge in [0.1, 0.15) is 0 Å². The predicted molar refractivity (Wildman–Crippen MR) is 90.2 cm³/mol. The minimum atomic E-state index is 0.476. The Hall–Kier alpha value is -0.770. The SMILES string of the molecule is COCC1CCN(c2ccc(Cl)cc2CNC(C)C)CC1. The molecule has 0 bridgehead atoms. The van der Waals surface area contributed by atoms with Gasteiger partial charge in [0.05, 0.1) is 0 Å². The van der Waals surface area contributed by atoms with Crippen molar-refractivity contribution < 1.29 is 4.74 Å². The number of nitrogens with one attached hydrogen (secondary N) is 1. The lowest BCUT2D eigenvalue weighted by atomic mass is 9.96. The summed E-state index contributed by atoms with van der Waals surface area (Å²) in [6, 6.07) is 6.73. The molecule has 1 aromatic rings. The van der Waals surface area contributed by atoms with Crippen molar-refractivity contribution in [2.24, 2.45) is 5.92 Å². The van der Waals surface area contributed by atoms with Crippen molar-refractivity contribution in [1.29, 1.82) is 0 Å². The van der Waals surface area contributed by atoms with Crippen LogP contribution in [0.15, 0.2) is 18.2 Å². The summed E-state index contributed by atoms with van der Waals surface area (Å²) < 4.78 is 5.28. The second-order valence-electron chi connectivity index (χ2n) is 6.19. The Labute approximate surface area is 133 Å². The lowest BCUT2D eigenvalue weighted by molar-refractivity contribution is 0.139. The van der Waals surface area contributed by atoms with Gasteiger partial charge in [-0.1, -0.05) is 25.4 Å². The molecule has 1 heterocycles. The fraction of sp³-hybridized carbons (Fsp3) is 0.647. The van der Waals surface area contributed by atoms with Crippen LogP contribution in [-0.2, 0) is 11.3 Å². The van der Waals surface area contributed by atoms with Crippen molar-refractivity contribution in [1.82, 2.24) is 5.32 Å². The topological polar surface area (TPSA) is 24.5 Å². The molecule has 1 aromatic carbocycles. The van der Waals surface area contributed by atoms with Gasteiger partial charge in [0, 0.05) is 50.1 Å². The third-order valence-electron chi connectivity index (χ3n) is 4.10. The molecule has 0 unspecified atom stereocenters. The summed E-state index contributed by atoms with van der Waals surface area (Å²) in [5, 5.41) is 4.31. The van der Waals surface area contributed by atoms with E-state index in [-0.39, 0.29) is 0 Å². The molecule has 2 rings (SSSR count). The smallest absolute Gasteiger partial charge is 0.0491 e. The van der Waals surface area contributed by atoms with Crippen molar-refractivity contribution in [2.75, 3.05) is 31.7 Å². The average molecular weight is 311 g/mol. The molecule has 1 aliphatic heterocycles. The molecule has 0 radical (unpaired) electrons. The minimum absolute atomic E-state index is 0.476. The number of nitrogens with zero attached hydrogens (tertiary/aromatic N) is 1. The Morgan fingerprint density at radius 1 is 1.33 bits per heavy atom. The number of methoxy groups -OCH3 is 1. The van der Waals surface area contributed by atoms with Crippen molar-refractivity contribution in [3.8, 4) is 0 Å². The molecule has 0 aromatic heterocycles. The van der Waals surface area contributed by atoms with Gasteiger partial charge in [-0.15, -0.1) is 0 Å². The van der Waals surface area contributed by atoms with Gasteiger partial charge in [0.15, 0.2) is 0 Å². The maximum Gasteiger partial charge on any atom is 0.0491 e. The van der Waals surface area contributed by atoms with Gasteiger partial charge >= 0.3 is 0 Å². The highest BCUT2D eigenvalue weighted by Gasteiger charge is 2.21. The van der Waals surface area contributed by atoms with Gasteiger partial charge in [-0.2, -0.15) is 0 Å². The van der Waals surface area contributed by atoms with E-state index in [0.717, 1.165) is 31.3 Å². The average Bonchev–Trinajstić information content (AvgIpc) is 2.46. The van der Waals surface area contributed by atoms with Crippen LogP contribution in [0.1, 0.15) is 32.3 Å². The Morgan fingerprint density at radius 2 is 2.05 bits per heavy atom. The van der Waals surface area contributed by atoms with Crippen molar-refractivity contribution in [3.63, 3.8) is 0 Å². The molecule has 21 heavy (non-hydrogen) atoms. The standard InChI is InChI=1S/C17H27ClN2O/c1-13(2)19-11-15-10-16(18)4-5-17(15)20-8-6-14(7-9-20)12-21-3/h4-5,10,13-14,19H,6-9,11-12H2,1-3H3. The lowest BCUT2D eigenvalue weighted by Gasteiger charge is -2.34. The van der Waals surface area contributed by atoms with E-state index in [0.29, 0.717) is 12.0 Å². The summed E-state index contributed by atoms with van der Waals surface area (Å²) in [6.45, 7) is 8.29. The Morgan fingerprint density at radius 3 is 2.67 bits per heavy atom. The molecule has 1 aliphatic rings. The fourth-order valence-corrected chi connectivity index (χ4v) is 3.09. The van der Waals surface area contributed by atoms with Crippen molar-refractivity contribution >= 4 is 17.3 Å². The first-order valence-electron chi connectivity index (χ1n) is 7.86. The van der Waals surface area contributed by atoms with Crippen LogP contribution in [0.5, 0.6) is 0 Å². The number of anilines is 1. The van der Waals surface area contributed by atoms with E-state index in [1.165, 1.54) is 24.1 Å². The molecule has 1 saturated heterocycles. The summed E-state index contributed by atoms with van der Waals surface area (Å²) in [6.07, 6.45) is 2.40. The molecule has 0 aliphatic carbocycles. The number of benzene rings is 1. The van der Waals surface area contributed by atoms with Crippen LogP contribution in [0.25, 0.3) is 0 Å². The van der Waals surface area contributed by atoms with Crippen molar-refractivity contribution in [2.45, 2.75) is 39.3 Å². The first-order valence-corrected chi connectivity index (χ1v) is 8.23. The van der Waals surface area contributed by atoms with Gasteiger partial charge < -0.3 is 15.0 Å². The summed E-state index contributed by atoms with van der Waals surface area (Å²) >= 11 is 6.17. The highest BCUT2D eigenvalue weighted by Crippen LogP contribution is 2.28. The molecule has 118 valence electrons. The molecule has 1 N–H and O–H groups in total. The minimum Gasteiger partial charge on any atom is -0.384 e. The van der Waals surface area contributed by atoms with Crippen molar-refractivity contribution in [3.05, 3.63) is 28.8 Å². The van der Waals surface area contributed by atoms with E-state index < -0.39 is 0 Å². The first-order chi connectivity index (χ1) is 10.1. The number of hydrogen-bond donors (Lipinski definition) is 1. The Balaban J connectivity index is 2.05. The molecule has 4 heteroatoms. The van der Waals surface area contributed by atoms with Gasteiger partial charge in [-0.3, -0.25) is 0 Å². The third-order valence-corrected chi connectivity index (χ3v) is 4.33. The maximum atomic E-state index is 6.17. The van der Waals surface area contributed by atoms with Gasteiger partial charge in [0.2, 0.25) is 0 Å². The zero-order valence-corrected chi connectivity index (χ0v) is 14.1. The number of hydrogen-bond acceptors (Lipinski definition) is 3. The number of rotatable bonds is 6. The van der Waals surface area contributed by atoms with Crippen LogP contribution in [0.3, 0.4) is 0 Å². The molecule has 1 fully saturated rings. The van der Waals surface area contributed by atoms with E-state index in [2.05, 4.69) is 36.2 Å². The third kappa shape index (κ3) is 4.87. The molecular weight excluding hydrogens is 284 g/mol. The van der Waals surface area contributed by atoms with Gasteiger partial charge in [0.25, 0.3) is 0 Å². The van der Waals surface area contributed by atoms with Crippen LogP contribution >= 0.6 is 11.6 Å². The summed E-state index contributed by atoms with van der Waals surface area (Å²) in [5.74, 6) is 0.704. The van der Waals surface area contributed by atoms with E-state index in [1.807, 2.05) is 6.07 Å². The quantitative estimate of drug-likeness (QED) is 0.867. The predicted octanol–water partition coefficient (Wildman–Crippen LogP) is 3.70. The molecule has 3 nitrogen and oxygen atoms in total. The number of piperidine rings is 1.